The molecule has 0 bridgehead atoms. The third-order valence-electron chi connectivity index (χ3n) is 2.15. The fourth-order valence-corrected chi connectivity index (χ4v) is 1.66. The first kappa shape index (κ1) is 14.3. The molecular weight excluding hydrogens is 302 g/mol. The van der Waals surface area contributed by atoms with Gasteiger partial charge in [-0.15, -0.1) is 6.42 Å². The van der Waals surface area contributed by atoms with E-state index in [1.807, 2.05) is 0 Å². The standard InChI is InChI=1S/C11H12BrN3O3/c1-4-5-15-10(16)9(12)8(6-13-15)14-7(2)11(17)18-3/h1,6-7,14H,5H2,2-3H3. The van der Waals surface area contributed by atoms with Gasteiger partial charge in [-0.1, -0.05) is 5.92 Å². The number of nitrogens with one attached hydrogen (secondary N) is 1. The second kappa shape index (κ2) is 6.21. The maximum Gasteiger partial charge on any atom is 0.327 e. The molecule has 0 amide bonds. The molecule has 0 radical (unpaired) electrons. The Morgan fingerprint density at radius 2 is 2.44 bits per heavy atom. The predicted molar refractivity (Wildman–Crippen MR) is 70.1 cm³/mol. The van der Waals surface area contributed by atoms with Gasteiger partial charge in [-0.25, -0.2) is 9.48 Å². The lowest BCUT2D eigenvalue weighted by atomic mass is 10.3. The van der Waals surface area contributed by atoms with Crippen molar-refractivity contribution in [1.82, 2.24) is 9.78 Å². The summed E-state index contributed by atoms with van der Waals surface area (Å²) in [6, 6.07) is -0.587. The average Bonchev–Trinajstić information content (AvgIpc) is 2.37. The van der Waals surface area contributed by atoms with Gasteiger partial charge in [0.2, 0.25) is 0 Å². The summed E-state index contributed by atoms with van der Waals surface area (Å²) in [6.07, 6.45) is 6.53. The predicted octanol–water partition coefficient (Wildman–Crippen LogP) is 0.612. The van der Waals surface area contributed by atoms with Crippen LogP contribution in [0.1, 0.15) is 6.92 Å². The Bertz CT molecular complexity index is 547. The Morgan fingerprint density at radius 1 is 1.78 bits per heavy atom. The summed E-state index contributed by atoms with van der Waals surface area (Å²) in [5.74, 6) is 1.89. The SMILES string of the molecule is C#CCn1ncc(NC(C)C(=O)OC)c(Br)c1=O. The molecule has 1 rings (SSSR count). The molecule has 1 N–H and O–H groups in total. The van der Waals surface area contributed by atoms with Gasteiger partial charge >= 0.3 is 5.97 Å². The lowest BCUT2D eigenvalue weighted by Gasteiger charge is -2.14. The minimum absolute atomic E-state index is 0.0876. The van der Waals surface area contributed by atoms with Crippen LogP contribution in [0.3, 0.4) is 0 Å². The van der Waals surface area contributed by atoms with Gasteiger partial charge in [0.25, 0.3) is 5.56 Å². The molecule has 0 aliphatic heterocycles. The molecule has 18 heavy (non-hydrogen) atoms. The molecule has 0 aliphatic carbocycles. The number of methoxy groups -OCH3 is 1. The molecule has 0 aromatic carbocycles. The molecule has 1 heterocycles. The van der Waals surface area contributed by atoms with Gasteiger partial charge in [-0.05, 0) is 22.9 Å². The first-order valence-corrected chi connectivity index (χ1v) is 5.84. The monoisotopic (exact) mass is 313 g/mol. The highest BCUT2D eigenvalue weighted by Gasteiger charge is 2.16. The van der Waals surface area contributed by atoms with Crippen LogP contribution in [0.15, 0.2) is 15.5 Å². The number of carbonyl (C=O) groups excluding carboxylic acids is 1. The van der Waals surface area contributed by atoms with E-state index in [-0.39, 0.29) is 16.6 Å². The van der Waals surface area contributed by atoms with E-state index in [1.165, 1.54) is 13.3 Å². The summed E-state index contributed by atoms with van der Waals surface area (Å²) in [5.41, 5.74) is 0.0428. The molecule has 0 spiro atoms. The molecule has 0 saturated heterocycles. The van der Waals surface area contributed by atoms with Crippen LogP contribution >= 0.6 is 15.9 Å². The van der Waals surface area contributed by atoms with Crippen LogP contribution in [-0.2, 0) is 16.1 Å². The molecule has 7 heteroatoms. The van der Waals surface area contributed by atoms with Crippen molar-refractivity contribution in [2.75, 3.05) is 12.4 Å². The van der Waals surface area contributed by atoms with Crippen molar-refractivity contribution >= 4 is 27.6 Å². The van der Waals surface area contributed by atoms with E-state index in [0.717, 1.165) is 4.68 Å². The summed E-state index contributed by atoms with van der Waals surface area (Å²) in [4.78, 5) is 23.1. The van der Waals surface area contributed by atoms with E-state index in [9.17, 15) is 9.59 Å². The zero-order valence-electron chi connectivity index (χ0n) is 9.94. The smallest absolute Gasteiger partial charge is 0.327 e. The van der Waals surface area contributed by atoms with Crippen molar-refractivity contribution in [3.8, 4) is 12.3 Å². The maximum absolute atomic E-state index is 11.8. The number of nitrogens with zero attached hydrogens (tertiary/aromatic N) is 2. The van der Waals surface area contributed by atoms with Gasteiger partial charge in [-0.2, -0.15) is 5.10 Å². The van der Waals surface area contributed by atoms with Crippen molar-refractivity contribution in [3.63, 3.8) is 0 Å². The fourth-order valence-electron chi connectivity index (χ4n) is 1.23. The molecule has 96 valence electrons. The highest BCUT2D eigenvalue weighted by atomic mass is 79.9. The maximum atomic E-state index is 11.8. The Hall–Kier alpha value is -1.81. The number of aromatic nitrogens is 2. The second-order valence-electron chi connectivity index (χ2n) is 3.43. The fraction of sp³-hybridized carbons (Fsp3) is 0.364. The molecule has 6 nitrogen and oxygen atoms in total. The van der Waals surface area contributed by atoms with Crippen LogP contribution in [0.5, 0.6) is 0 Å². The van der Waals surface area contributed by atoms with Gasteiger partial charge in [0.1, 0.15) is 17.1 Å². The number of halogens is 1. The van der Waals surface area contributed by atoms with Crippen LogP contribution in [0.2, 0.25) is 0 Å². The third kappa shape index (κ3) is 3.11. The van der Waals surface area contributed by atoms with Gasteiger partial charge in [0.05, 0.1) is 19.0 Å². The second-order valence-corrected chi connectivity index (χ2v) is 4.22. The molecule has 0 saturated carbocycles. The molecule has 0 fully saturated rings. The van der Waals surface area contributed by atoms with E-state index in [0.29, 0.717) is 5.69 Å². The number of anilines is 1. The summed E-state index contributed by atoms with van der Waals surface area (Å²) < 4.78 is 5.97. The summed E-state index contributed by atoms with van der Waals surface area (Å²) >= 11 is 3.14. The van der Waals surface area contributed by atoms with E-state index in [1.54, 1.807) is 6.92 Å². The van der Waals surface area contributed by atoms with Gasteiger partial charge in [0, 0.05) is 0 Å². The van der Waals surface area contributed by atoms with E-state index < -0.39 is 12.0 Å². The van der Waals surface area contributed by atoms with Crippen molar-refractivity contribution in [2.45, 2.75) is 19.5 Å². The Morgan fingerprint density at radius 3 is 3.00 bits per heavy atom. The van der Waals surface area contributed by atoms with E-state index >= 15 is 0 Å². The van der Waals surface area contributed by atoms with Crippen LogP contribution in [0, 0.1) is 12.3 Å². The normalized spacial score (nSPS) is 11.4. The largest absolute Gasteiger partial charge is 0.467 e. The lowest BCUT2D eigenvalue weighted by molar-refractivity contribution is -0.141. The zero-order valence-corrected chi connectivity index (χ0v) is 11.5. The number of rotatable bonds is 4. The van der Waals surface area contributed by atoms with Crippen molar-refractivity contribution in [1.29, 1.82) is 0 Å². The van der Waals surface area contributed by atoms with Crippen LogP contribution in [0.25, 0.3) is 0 Å². The Balaban J connectivity index is 3.00. The molecule has 1 aromatic heterocycles. The van der Waals surface area contributed by atoms with Crippen LogP contribution in [-0.4, -0.2) is 28.9 Å². The topological polar surface area (TPSA) is 73.2 Å². The van der Waals surface area contributed by atoms with Crippen LogP contribution in [0.4, 0.5) is 5.69 Å². The number of hydrogen-bond donors (Lipinski definition) is 1. The quantitative estimate of drug-likeness (QED) is 0.651. The highest BCUT2D eigenvalue weighted by Crippen LogP contribution is 2.17. The average molecular weight is 314 g/mol. The van der Waals surface area contributed by atoms with Crippen LogP contribution < -0.4 is 10.9 Å². The summed E-state index contributed by atoms with van der Waals surface area (Å²) in [6.45, 7) is 1.70. The highest BCUT2D eigenvalue weighted by molar-refractivity contribution is 9.10. The van der Waals surface area contributed by atoms with Gasteiger partial charge in [-0.3, -0.25) is 4.79 Å². The number of carbonyl (C=O) groups is 1. The molecule has 1 aromatic rings. The molecule has 1 unspecified atom stereocenters. The zero-order chi connectivity index (χ0) is 13.7. The first-order valence-electron chi connectivity index (χ1n) is 5.04. The molecule has 1 atom stereocenters. The van der Waals surface area contributed by atoms with E-state index in [4.69, 9.17) is 6.42 Å². The Kier molecular flexibility index (Phi) is 4.92. The number of esters is 1. The minimum atomic E-state index is -0.587. The van der Waals surface area contributed by atoms with Crippen molar-refractivity contribution in [2.24, 2.45) is 0 Å². The lowest BCUT2D eigenvalue weighted by Crippen LogP contribution is -2.30. The Labute approximate surface area is 112 Å². The molecular formula is C11H12BrN3O3. The number of ether oxygens (including phenoxy) is 1. The number of terminal acetylenes is 1. The van der Waals surface area contributed by atoms with E-state index in [2.05, 4.69) is 37.0 Å². The number of hydrogen-bond acceptors (Lipinski definition) is 5. The minimum Gasteiger partial charge on any atom is -0.467 e. The van der Waals surface area contributed by atoms with Crippen molar-refractivity contribution in [3.05, 3.63) is 21.0 Å². The first-order chi connectivity index (χ1) is 8.51. The van der Waals surface area contributed by atoms with Gasteiger partial charge in [0.15, 0.2) is 0 Å². The van der Waals surface area contributed by atoms with Crippen molar-refractivity contribution < 1.29 is 9.53 Å². The summed E-state index contributed by atoms with van der Waals surface area (Å²) in [5, 5.41) is 6.71. The third-order valence-corrected chi connectivity index (χ3v) is 2.92. The van der Waals surface area contributed by atoms with Gasteiger partial charge < -0.3 is 10.1 Å². The summed E-state index contributed by atoms with van der Waals surface area (Å²) in [7, 11) is 1.29. The molecule has 0 aliphatic rings.